The molecule has 0 aromatic heterocycles. The summed E-state index contributed by atoms with van der Waals surface area (Å²) in [6.45, 7) is 4.08. The molecule has 0 aliphatic heterocycles. The van der Waals surface area contributed by atoms with Crippen molar-refractivity contribution in [2.45, 2.75) is 20.0 Å². The van der Waals surface area contributed by atoms with Crippen molar-refractivity contribution in [3.63, 3.8) is 0 Å². The lowest BCUT2D eigenvalue weighted by Gasteiger charge is -2.05. The predicted molar refractivity (Wildman–Crippen MR) is 40.1 cm³/mol. The summed E-state index contributed by atoms with van der Waals surface area (Å²) in [6, 6.07) is 0. The van der Waals surface area contributed by atoms with E-state index >= 15 is 0 Å². The van der Waals surface area contributed by atoms with Crippen molar-refractivity contribution in [3.8, 4) is 0 Å². The van der Waals surface area contributed by atoms with E-state index in [9.17, 15) is 0 Å². The molecule has 0 aliphatic carbocycles. The van der Waals surface area contributed by atoms with E-state index < -0.39 is 0 Å². The van der Waals surface area contributed by atoms with Crippen LogP contribution < -0.4 is 0 Å². The van der Waals surface area contributed by atoms with E-state index in [1.807, 2.05) is 6.92 Å². The molecule has 3 heteroatoms. The van der Waals surface area contributed by atoms with Gasteiger partial charge in [0.15, 0.2) is 0 Å². The van der Waals surface area contributed by atoms with E-state index in [0.717, 1.165) is 6.29 Å². The second-order valence-corrected chi connectivity index (χ2v) is 1.74. The predicted octanol–water partition coefficient (Wildman–Crippen LogP) is 0.873. The molecule has 1 atom stereocenters. The topological polar surface area (TPSA) is 35.5 Å². The molecule has 0 radical (unpaired) electrons. The molecule has 0 aromatic carbocycles. The molecular formula is C7H16O3. The lowest BCUT2D eigenvalue weighted by atomic mass is 10.4. The van der Waals surface area contributed by atoms with Crippen molar-refractivity contribution in [3.05, 3.63) is 0 Å². The first-order chi connectivity index (χ1) is 4.72. The van der Waals surface area contributed by atoms with E-state index in [0.29, 0.717) is 6.61 Å². The molecule has 0 spiro atoms. The second kappa shape index (κ2) is 11.4. The third-order valence-electron chi connectivity index (χ3n) is 0.804. The summed E-state index contributed by atoms with van der Waals surface area (Å²) in [6.07, 6.45) is 0.977. The van der Waals surface area contributed by atoms with Crippen molar-refractivity contribution in [2.24, 2.45) is 0 Å². The van der Waals surface area contributed by atoms with E-state index in [1.165, 1.54) is 6.92 Å². The molecule has 10 heavy (non-hydrogen) atoms. The maximum atomic E-state index is 8.81. The van der Waals surface area contributed by atoms with Gasteiger partial charge in [-0.2, -0.15) is 0 Å². The molecule has 0 bridgehead atoms. The number of hydrogen-bond acceptors (Lipinski definition) is 3. The SMILES string of the molecule is CC=O.COCC(C)OC. The molecule has 0 amide bonds. The summed E-state index contributed by atoms with van der Waals surface area (Å²) in [5, 5.41) is 0. The Kier molecular flexibility index (Phi) is 14.0. The van der Waals surface area contributed by atoms with Crippen LogP contribution in [0.3, 0.4) is 0 Å². The van der Waals surface area contributed by atoms with Crippen molar-refractivity contribution in [1.29, 1.82) is 0 Å². The largest absolute Gasteiger partial charge is 0.382 e. The number of rotatable bonds is 3. The van der Waals surface area contributed by atoms with Crippen molar-refractivity contribution < 1.29 is 14.3 Å². The van der Waals surface area contributed by atoms with Gasteiger partial charge in [-0.1, -0.05) is 0 Å². The van der Waals surface area contributed by atoms with E-state index in [-0.39, 0.29) is 6.10 Å². The maximum absolute atomic E-state index is 8.81. The Morgan fingerprint density at radius 3 is 2.00 bits per heavy atom. The van der Waals surface area contributed by atoms with Gasteiger partial charge in [0.25, 0.3) is 0 Å². The highest BCUT2D eigenvalue weighted by molar-refractivity contribution is 5.44. The van der Waals surface area contributed by atoms with E-state index in [4.69, 9.17) is 14.3 Å². The zero-order chi connectivity index (χ0) is 8.41. The minimum Gasteiger partial charge on any atom is -0.382 e. The van der Waals surface area contributed by atoms with Crippen LogP contribution in [0.2, 0.25) is 0 Å². The second-order valence-electron chi connectivity index (χ2n) is 1.74. The fourth-order valence-corrected chi connectivity index (χ4v) is 0.303. The normalized spacial score (nSPS) is 11.2. The standard InChI is InChI=1S/C5H12O2.C2H4O/c1-5(7-3)4-6-2;1-2-3/h5H,4H2,1-3H3;2H,1H3. The Bertz CT molecular complexity index is 63.9. The van der Waals surface area contributed by atoms with Gasteiger partial charge in [-0.25, -0.2) is 0 Å². The molecule has 1 unspecified atom stereocenters. The minimum absolute atomic E-state index is 0.227. The first-order valence-corrected chi connectivity index (χ1v) is 3.14. The minimum atomic E-state index is 0.227. The molecule has 0 rings (SSSR count). The highest BCUT2D eigenvalue weighted by atomic mass is 16.5. The summed E-state index contributed by atoms with van der Waals surface area (Å²) in [4.78, 5) is 8.81. The molecule has 0 aliphatic rings. The molecule has 0 heterocycles. The Labute approximate surface area is 62.3 Å². The molecule has 62 valence electrons. The van der Waals surface area contributed by atoms with Gasteiger partial charge in [0.2, 0.25) is 0 Å². The average molecular weight is 148 g/mol. The zero-order valence-corrected chi connectivity index (χ0v) is 7.09. The molecule has 0 N–H and O–H groups in total. The maximum Gasteiger partial charge on any atom is 0.116 e. The number of aldehydes is 1. The third-order valence-corrected chi connectivity index (χ3v) is 0.804. The monoisotopic (exact) mass is 148 g/mol. The fraction of sp³-hybridized carbons (Fsp3) is 0.857. The molecule has 3 nitrogen and oxygen atoms in total. The van der Waals surface area contributed by atoms with Crippen LogP contribution in [0.4, 0.5) is 0 Å². The van der Waals surface area contributed by atoms with E-state index in [2.05, 4.69) is 0 Å². The fourth-order valence-electron chi connectivity index (χ4n) is 0.303. The van der Waals surface area contributed by atoms with E-state index in [1.54, 1.807) is 14.2 Å². The quantitative estimate of drug-likeness (QED) is 0.557. The van der Waals surface area contributed by atoms with Crippen LogP contribution in [-0.4, -0.2) is 33.2 Å². The van der Waals surface area contributed by atoms with Crippen LogP contribution in [0.5, 0.6) is 0 Å². The van der Waals surface area contributed by atoms with Gasteiger partial charge in [-0.15, -0.1) is 0 Å². The number of hydrogen-bond donors (Lipinski definition) is 0. The Hall–Kier alpha value is -0.410. The number of ether oxygens (including phenoxy) is 2. The Morgan fingerprint density at radius 2 is 1.90 bits per heavy atom. The Morgan fingerprint density at radius 1 is 1.50 bits per heavy atom. The lowest BCUT2D eigenvalue weighted by molar-refractivity contribution is -0.106. The number of carbonyl (C=O) groups is 1. The molecule has 0 fully saturated rings. The van der Waals surface area contributed by atoms with Crippen molar-refractivity contribution >= 4 is 6.29 Å². The highest BCUT2D eigenvalue weighted by Crippen LogP contribution is 1.84. The average Bonchev–Trinajstić information content (AvgIpc) is 1.90. The lowest BCUT2D eigenvalue weighted by Crippen LogP contribution is -2.11. The van der Waals surface area contributed by atoms with Gasteiger partial charge in [0.05, 0.1) is 12.7 Å². The van der Waals surface area contributed by atoms with Gasteiger partial charge >= 0.3 is 0 Å². The summed E-state index contributed by atoms with van der Waals surface area (Å²) in [5.74, 6) is 0. The van der Waals surface area contributed by atoms with Crippen LogP contribution in [0.1, 0.15) is 13.8 Å². The molecule has 0 aromatic rings. The van der Waals surface area contributed by atoms with Crippen LogP contribution in [0, 0.1) is 0 Å². The first-order valence-electron chi connectivity index (χ1n) is 3.14. The molecular weight excluding hydrogens is 132 g/mol. The first kappa shape index (κ1) is 12.3. The van der Waals surface area contributed by atoms with Crippen LogP contribution >= 0.6 is 0 Å². The van der Waals surface area contributed by atoms with Crippen LogP contribution in [0.15, 0.2) is 0 Å². The summed E-state index contributed by atoms with van der Waals surface area (Å²) < 4.78 is 9.64. The smallest absolute Gasteiger partial charge is 0.116 e. The van der Waals surface area contributed by atoms with Gasteiger partial charge in [0.1, 0.15) is 6.29 Å². The van der Waals surface area contributed by atoms with Gasteiger partial charge < -0.3 is 14.3 Å². The molecule has 0 saturated heterocycles. The third kappa shape index (κ3) is 15.6. The van der Waals surface area contributed by atoms with Gasteiger partial charge in [-0.05, 0) is 13.8 Å². The van der Waals surface area contributed by atoms with Crippen LogP contribution in [0.25, 0.3) is 0 Å². The summed E-state index contributed by atoms with van der Waals surface area (Å²) in [7, 11) is 3.33. The highest BCUT2D eigenvalue weighted by Gasteiger charge is 1.93. The van der Waals surface area contributed by atoms with Gasteiger partial charge in [0, 0.05) is 14.2 Å². The van der Waals surface area contributed by atoms with Crippen molar-refractivity contribution in [1.82, 2.24) is 0 Å². The summed E-state index contributed by atoms with van der Waals surface area (Å²) in [5.41, 5.74) is 0. The molecule has 0 saturated carbocycles. The van der Waals surface area contributed by atoms with Crippen molar-refractivity contribution in [2.75, 3.05) is 20.8 Å². The number of carbonyl (C=O) groups excluding carboxylic acids is 1. The zero-order valence-electron chi connectivity index (χ0n) is 7.09. The summed E-state index contributed by atoms with van der Waals surface area (Å²) >= 11 is 0. The van der Waals surface area contributed by atoms with Gasteiger partial charge in [-0.3, -0.25) is 0 Å². The number of methoxy groups -OCH3 is 2. The Balaban J connectivity index is 0. The van der Waals surface area contributed by atoms with Crippen LogP contribution in [-0.2, 0) is 14.3 Å².